The molecule has 208 valence electrons. The van der Waals surface area contributed by atoms with E-state index in [0.717, 1.165) is 23.8 Å². The first-order valence-corrected chi connectivity index (χ1v) is 15.2. The van der Waals surface area contributed by atoms with E-state index in [1.54, 1.807) is 6.92 Å². The Bertz CT molecular complexity index is 3020. The maximum atomic E-state index is 14.7. The molecule has 0 aliphatic heterocycles. The lowest BCUT2D eigenvalue weighted by molar-refractivity contribution is 0.444. The summed E-state index contributed by atoms with van der Waals surface area (Å²) in [6.07, 6.45) is 3.90. The molecule has 42 heavy (non-hydrogen) atoms. The van der Waals surface area contributed by atoms with Gasteiger partial charge in [0.2, 0.25) is 0 Å². The second-order valence-corrected chi connectivity index (χ2v) is 12.4. The molecule has 0 bridgehead atoms. The van der Waals surface area contributed by atoms with Crippen molar-refractivity contribution >= 4 is 53.6 Å². The molecule has 1 fully saturated rings. The van der Waals surface area contributed by atoms with Crippen molar-refractivity contribution in [1.29, 1.82) is 0 Å². The van der Waals surface area contributed by atoms with Crippen molar-refractivity contribution < 1.29 is 27.6 Å². The largest absolute Gasteiger partial charge is 0.309 e. The first kappa shape index (κ1) is 14.7. The van der Waals surface area contributed by atoms with Crippen LogP contribution in [0.4, 0.5) is 0 Å². The van der Waals surface area contributed by atoms with Crippen LogP contribution in [-0.4, -0.2) is 17.0 Å². The van der Waals surface area contributed by atoms with Gasteiger partial charge in [0.15, 0.2) is 0 Å². The van der Waals surface area contributed by atoms with E-state index in [0.29, 0.717) is 22.4 Å². The van der Waals surface area contributed by atoms with Crippen LogP contribution in [0.25, 0.3) is 49.3 Å². The first-order chi connectivity index (χ1) is 26.4. The lowest BCUT2D eigenvalue weighted by Gasteiger charge is -2.22. The van der Waals surface area contributed by atoms with E-state index in [1.165, 1.54) is 24.3 Å². The Hall–Kier alpha value is -4.35. The van der Waals surface area contributed by atoms with Crippen LogP contribution in [0.1, 0.15) is 68.3 Å². The Kier molecular flexibility index (Phi) is 3.36. The molecule has 1 saturated carbocycles. The van der Waals surface area contributed by atoms with Gasteiger partial charge in [0, 0.05) is 27.2 Å². The van der Waals surface area contributed by atoms with Crippen LogP contribution >= 0.6 is 0 Å². The topological polar surface area (TPSA) is 44.0 Å². The summed E-state index contributed by atoms with van der Waals surface area (Å²) >= 11 is 0. The molecule has 2 aromatic heterocycles. The minimum Gasteiger partial charge on any atom is -0.309 e. The van der Waals surface area contributed by atoms with Crippen molar-refractivity contribution in [2.24, 2.45) is 0 Å². The van der Waals surface area contributed by atoms with Crippen molar-refractivity contribution in [2.75, 3.05) is 0 Å². The number of nitrogens with zero attached hydrogens (tertiary/aromatic N) is 2. The van der Waals surface area contributed by atoms with Gasteiger partial charge < -0.3 is 4.57 Å². The van der Waals surface area contributed by atoms with E-state index in [9.17, 15) is 15.3 Å². The third-order valence-corrected chi connectivity index (χ3v) is 9.79. The van der Waals surface area contributed by atoms with Crippen LogP contribution in [0.2, 0.25) is 0 Å². The molecule has 0 spiro atoms. The number of aryl methyl sites for hydroxylation is 1. The maximum Gasteiger partial charge on any atom is 0.268 e. The summed E-state index contributed by atoms with van der Waals surface area (Å²) in [4.78, 5) is -0.316. The lowest BCUT2D eigenvalue weighted by Crippen LogP contribution is -2.13. The first-order valence-electron chi connectivity index (χ1n) is 20.8. The Labute approximate surface area is 265 Å². The quantitative estimate of drug-likeness (QED) is 0.207. The number of rotatable bonds is 4. The van der Waals surface area contributed by atoms with E-state index >= 15 is 0 Å². The number of fused-ring (bicyclic) bond motifs is 6. The van der Waals surface area contributed by atoms with Crippen LogP contribution < -0.4 is 0 Å². The van der Waals surface area contributed by atoms with E-state index in [-0.39, 0.29) is 50.3 Å². The highest BCUT2D eigenvalue weighted by atomic mass is 32.2. The molecule has 2 heterocycles. The lowest BCUT2D eigenvalue weighted by atomic mass is 9.84. The fourth-order valence-electron chi connectivity index (χ4n) is 5.99. The Balaban J connectivity index is 1.65. The SMILES string of the molecule is [2H]c1c([2H])c([2H])c2c(c1[2H])c1c([2H])c(C3CCCCC3)c([2H])c([2H])c1n2-c1c([2H])c([2H])c2c3c([2H])c([2H])c([2H])c([2H])c3n(S(=O)(=O)c3ccc(C)cc3)c2c1[2H]. The highest BCUT2D eigenvalue weighted by molar-refractivity contribution is 7.90. The van der Waals surface area contributed by atoms with Crippen molar-refractivity contribution in [2.45, 2.75) is 49.8 Å². The molecule has 7 aromatic rings. The number of benzene rings is 5. The highest BCUT2D eigenvalue weighted by Gasteiger charge is 2.24. The van der Waals surface area contributed by atoms with Crippen LogP contribution in [-0.2, 0) is 10.0 Å². The summed E-state index contributed by atoms with van der Waals surface area (Å²) in [7, 11) is -4.85. The van der Waals surface area contributed by atoms with Gasteiger partial charge >= 0.3 is 0 Å². The molecule has 0 radical (unpaired) electrons. The standard InChI is InChI=1S/C37H32N2O2S/c1-25-15-19-29(20-16-25)42(40,41)39-36-14-8-6-11-30(36)32-21-18-28(24-37(32)39)38-34-13-7-5-12-31(34)33-23-27(17-22-35(33)38)26-9-3-2-4-10-26/h5-8,11-24,26H,2-4,9-10H2,1H3/i5D,6D,7D,8D,11D,12D,13D,14D,17D,18D,21D,22D,23D,24D. The van der Waals surface area contributed by atoms with Crippen LogP contribution in [0, 0.1) is 6.92 Å². The molecule has 5 aromatic carbocycles. The van der Waals surface area contributed by atoms with Gasteiger partial charge in [0.1, 0.15) is 0 Å². The summed E-state index contributed by atoms with van der Waals surface area (Å²) in [5, 5.41) is -1.20. The molecule has 5 heteroatoms. The van der Waals surface area contributed by atoms with Crippen LogP contribution in [0.5, 0.6) is 0 Å². The molecular weight excluding hydrogens is 536 g/mol. The highest BCUT2D eigenvalue weighted by Crippen LogP contribution is 2.39. The van der Waals surface area contributed by atoms with Gasteiger partial charge in [-0.25, -0.2) is 12.4 Å². The Morgan fingerprint density at radius 3 is 2.07 bits per heavy atom. The Morgan fingerprint density at radius 1 is 0.667 bits per heavy atom. The number of para-hydroxylation sites is 2. The van der Waals surface area contributed by atoms with Crippen LogP contribution in [0.15, 0.2) is 114 Å². The maximum absolute atomic E-state index is 14.7. The van der Waals surface area contributed by atoms with E-state index in [4.69, 9.17) is 12.3 Å². The zero-order valence-electron chi connectivity index (χ0n) is 36.5. The van der Waals surface area contributed by atoms with Crippen molar-refractivity contribution in [3.8, 4) is 5.69 Å². The predicted octanol–water partition coefficient (Wildman–Crippen LogP) is 9.48. The van der Waals surface area contributed by atoms with Gasteiger partial charge in [-0.1, -0.05) is 85.3 Å². The van der Waals surface area contributed by atoms with Gasteiger partial charge in [-0.2, -0.15) is 0 Å². The van der Waals surface area contributed by atoms with E-state index in [2.05, 4.69) is 0 Å². The fourth-order valence-corrected chi connectivity index (χ4v) is 7.43. The summed E-state index contributed by atoms with van der Waals surface area (Å²) in [6.45, 7) is 1.73. The third-order valence-electron chi connectivity index (χ3n) is 8.08. The van der Waals surface area contributed by atoms with Gasteiger partial charge in [-0.15, -0.1) is 0 Å². The number of hydrogen-bond donors (Lipinski definition) is 0. The smallest absolute Gasteiger partial charge is 0.268 e. The molecule has 8 rings (SSSR count). The summed E-state index contributed by atoms with van der Waals surface area (Å²) in [6, 6.07) is -3.49. The summed E-state index contributed by atoms with van der Waals surface area (Å²) < 4.78 is 157. The van der Waals surface area contributed by atoms with Crippen LogP contribution in [0.3, 0.4) is 0 Å². The van der Waals surface area contributed by atoms with Gasteiger partial charge in [0.05, 0.1) is 46.2 Å². The normalized spacial score (nSPS) is 19.5. The molecular formula is C37H32N2O2S. The minimum absolute atomic E-state index is 0.119. The predicted molar refractivity (Wildman–Crippen MR) is 173 cm³/mol. The van der Waals surface area contributed by atoms with E-state index in [1.807, 2.05) is 0 Å². The second kappa shape index (κ2) is 9.60. The molecule has 0 saturated heterocycles. The molecule has 0 unspecified atom stereocenters. The summed E-state index contributed by atoms with van der Waals surface area (Å²) in [5.74, 6) is -0.273. The molecule has 1 aliphatic carbocycles. The van der Waals surface area contributed by atoms with Gasteiger partial charge in [0.25, 0.3) is 10.0 Å². The Morgan fingerprint density at radius 2 is 1.31 bits per heavy atom. The average Bonchev–Trinajstić information content (AvgIpc) is 3.73. The van der Waals surface area contributed by atoms with Crippen molar-refractivity contribution in [3.05, 3.63) is 120 Å². The zero-order valence-corrected chi connectivity index (χ0v) is 23.4. The molecule has 0 amide bonds. The summed E-state index contributed by atoms with van der Waals surface area (Å²) in [5.41, 5.74) is -1.51. The molecule has 0 atom stereocenters. The third kappa shape index (κ3) is 3.83. The molecule has 1 aliphatic rings. The number of aromatic nitrogens is 2. The van der Waals surface area contributed by atoms with Crippen molar-refractivity contribution in [3.63, 3.8) is 0 Å². The van der Waals surface area contributed by atoms with Crippen molar-refractivity contribution in [1.82, 2.24) is 8.54 Å². The fraction of sp³-hybridized carbons (Fsp3) is 0.189. The van der Waals surface area contributed by atoms with Gasteiger partial charge in [-0.3, -0.25) is 0 Å². The van der Waals surface area contributed by atoms with E-state index < -0.39 is 110 Å². The van der Waals surface area contributed by atoms with Gasteiger partial charge in [-0.05, 0) is 79.6 Å². The zero-order chi connectivity index (χ0) is 40.6. The monoisotopic (exact) mass is 582 g/mol. The molecule has 4 nitrogen and oxygen atoms in total. The minimum atomic E-state index is -4.85. The molecule has 0 N–H and O–H groups in total. The average molecular weight is 583 g/mol. The second-order valence-electron chi connectivity index (χ2n) is 10.7. The number of hydrogen-bond acceptors (Lipinski definition) is 2.